The molecule has 0 unspecified atom stereocenters. The molecule has 0 fully saturated rings. The van der Waals surface area contributed by atoms with Crippen LogP contribution < -0.4 is 10.5 Å². The fraction of sp³-hybridized carbons (Fsp3) is 0.133. The van der Waals surface area contributed by atoms with Crippen LogP contribution in [0.25, 0.3) is 0 Å². The molecular weight excluding hydrogens is 891 g/mol. The molecule has 0 radical (unpaired) electrons. The average molecular weight is 903 g/mol. The van der Waals surface area contributed by atoms with Gasteiger partial charge in [0, 0.05) is 0 Å². The molecule has 2 aromatic rings. The highest BCUT2D eigenvalue weighted by molar-refractivity contribution is 14.1. The standard InChI is InChI=1S/C15H11I4NO4.HI/c16-8-4-7(5-9(17)13(8)21)24-14-10(18)1-6(2-11(14)19)3-12(20)15(22)23;/h1-2,4-5,12,21H,3,20H2,(H,22,23);1H/t12-;/m0./s1/i18-2;. The Hall–Kier alpha value is 1.12. The molecule has 0 saturated carbocycles. The van der Waals surface area contributed by atoms with Gasteiger partial charge in [0.15, 0.2) is 5.75 Å². The second kappa shape index (κ2) is 10.6. The second-order valence-corrected chi connectivity index (χ2v) is 9.52. The van der Waals surface area contributed by atoms with Crippen LogP contribution in [-0.2, 0) is 11.2 Å². The third-order valence-corrected chi connectivity index (χ3v) is 6.29. The molecule has 0 amide bonds. The SMILES string of the molecule is I.N[C@@H](Cc1cc(I)c(Oc2cc(I)c(O)c(I)c2)c([125I])c1)C(=O)O. The Morgan fingerprint density at radius 2 is 1.72 bits per heavy atom. The van der Waals surface area contributed by atoms with Gasteiger partial charge in [-0.3, -0.25) is 4.79 Å². The maximum absolute atomic E-state index is 10.9. The van der Waals surface area contributed by atoms with Crippen LogP contribution in [0.15, 0.2) is 24.3 Å². The molecule has 0 aliphatic heterocycles. The van der Waals surface area contributed by atoms with E-state index >= 15 is 0 Å². The summed E-state index contributed by atoms with van der Waals surface area (Å²) in [5, 5.41) is 18.8. The van der Waals surface area contributed by atoms with Gasteiger partial charge in [-0.25, -0.2) is 0 Å². The Morgan fingerprint density at radius 1 is 1.16 bits per heavy atom. The second-order valence-electron chi connectivity index (χ2n) is 4.88. The minimum atomic E-state index is -1.02. The van der Waals surface area contributed by atoms with E-state index in [1.165, 1.54) is 0 Å². The van der Waals surface area contributed by atoms with E-state index in [9.17, 15) is 9.90 Å². The smallest absolute Gasteiger partial charge is 0.320 e. The third kappa shape index (κ3) is 6.60. The van der Waals surface area contributed by atoms with E-state index in [1.54, 1.807) is 12.1 Å². The lowest BCUT2D eigenvalue weighted by molar-refractivity contribution is -0.138. The molecule has 25 heavy (non-hydrogen) atoms. The van der Waals surface area contributed by atoms with E-state index in [1.807, 2.05) is 12.1 Å². The molecule has 0 aromatic heterocycles. The fourth-order valence-corrected chi connectivity index (χ4v) is 5.72. The van der Waals surface area contributed by atoms with E-state index in [4.69, 9.17) is 15.6 Å². The minimum Gasteiger partial charge on any atom is -0.506 e. The first-order valence-electron chi connectivity index (χ1n) is 6.51. The van der Waals surface area contributed by atoms with Gasteiger partial charge in [0.2, 0.25) is 0 Å². The number of carbonyl (C=O) groups is 1. The van der Waals surface area contributed by atoms with Crippen molar-refractivity contribution in [2.45, 2.75) is 12.5 Å². The Balaban J connectivity index is 0.00000312. The summed E-state index contributed by atoms with van der Waals surface area (Å²) in [6.07, 6.45) is 0.261. The summed E-state index contributed by atoms with van der Waals surface area (Å²) in [7, 11) is 0. The number of phenols is 1. The molecule has 2 aromatic carbocycles. The Bertz CT molecular complexity index is 753. The molecule has 0 spiro atoms. The predicted molar refractivity (Wildman–Crippen MR) is 140 cm³/mol. The van der Waals surface area contributed by atoms with Crippen LogP contribution >= 0.6 is 114 Å². The van der Waals surface area contributed by atoms with Gasteiger partial charge in [0.1, 0.15) is 17.5 Å². The number of benzene rings is 2. The van der Waals surface area contributed by atoms with Crippen molar-refractivity contribution in [3.8, 4) is 17.2 Å². The molecule has 1 atom stereocenters. The summed E-state index contributed by atoms with van der Waals surface area (Å²) in [6, 6.07) is 6.34. The van der Waals surface area contributed by atoms with E-state index in [2.05, 4.69) is 90.4 Å². The number of aromatic hydroxyl groups is 1. The number of phenolic OH excluding ortho intramolecular Hbond substituents is 1. The van der Waals surface area contributed by atoms with Crippen molar-refractivity contribution in [3.63, 3.8) is 0 Å². The molecule has 4 N–H and O–H groups in total. The van der Waals surface area contributed by atoms with Gasteiger partial charge in [-0.1, -0.05) is 0 Å². The molecule has 0 aliphatic carbocycles. The van der Waals surface area contributed by atoms with Crippen molar-refractivity contribution in [1.82, 2.24) is 0 Å². The van der Waals surface area contributed by atoms with E-state index in [-0.39, 0.29) is 36.1 Å². The number of halogens is 5. The van der Waals surface area contributed by atoms with Gasteiger partial charge in [-0.15, -0.1) is 24.0 Å². The summed E-state index contributed by atoms with van der Waals surface area (Å²) in [4.78, 5) is 10.9. The van der Waals surface area contributed by atoms with Crippen LogP contribution in [0.5, 0.6) is 17.2 Å². The summed E-state index contributed by atoms with van der Waals surface area (Å²) < 4.78 is 9.14. The molecular formula is C15H12I5NO4. The highest BCUT2D eigenvalue weighted by atomic mass is 127. The lowest BCUT2D eigenvalue weighted by Crippen LogP contribution is -2.32. The zero-order valence-corrected chi connectivity index (χ0v) is 23.3. The van der Waals surface area contributed by atoms with Gasteiger partial charge >= 0.3 is 5.97 Å². The lowest BCUT2D eigenvalue weighted by Gasteiger charge is -2.14. The number of hydrogen-bond donors (Lipinski definition) is 3. The summed E-state index contributed by atoms with van der Waals surface area (Å²) >= 11 is 8.42. The van der Waals surface area contributed by atoms with E-state index in [0.717, 1.165) is 12.7 Å². The van der Waals surface area contributed by atoms with Crippen LogP contribution in [0.1, 0.15) is 5.56 Å². The van der Waals surface area contributed by atoms with Crippen molar-refractivity contribution in [3.05, 3.63) is 44.1 Å². The Morgan fingerprint density at radius 3 is 2.20 bits per heavy atom. The number of rotatable bonds is 5. The third-order valence-electron chi connectivity index (χ3n) is 3.04. The van der Waals surface area contributed by atoms with Gasteiger partial charge in [0.05, 0.1) is 14.3 Å². The Kier molecular flexibility index (Phi) is 10.2. The number of carboxylic acid groups (broad SMARTS) is 1. The number of carboxylic acids is 1. The largest absolute Gasteiger partial charge is 0.506 e. The molecule has 10 heteroatoms. The topological polar surface area (TPSA) is 92.8 Å². The first-order valence-corrected chi connectivity index (χ1v) is 10.8. The molecule has 0 bridgehead atoms. The summed E-state index contributed by atoms with van der Waals surface area (Å²) in [5.74, 6) is 0.549. The van der Waals surface area contributed by atoms with Crippen molar-refractivity contribution < 1.29 is 19.7 Å². The number of nitrogens with two attached hydrogens (primary N) is 1. The highest BCUT2D eigenvalue weighted by Crippen LogP contribution is 2.36. The molecule has 0 saturated heterocycles. The van der Waals surface area contributed by atoms with E-state index < -0.39 is 12.0 Å². The average Bonchev–Trinajstić information content (AvgIpc) is 2.48. The van der Waals surface area contributed by atoms with Gasteiger partial charge in [-0.2, -0.15) is 0 Å². The van der Waals surface area contributed by atoms with Crippen molar-refractivity contribution >= 4 is 120 Å². The van der Waals surface area contributed by atoms with Crippen molar-refractivity contribution in [2.75, 3.05) is 0 Å². The quantitative estimate of drug-likeness (QED) is 0.361. The monoisotopic (exact) mass is 903 g/mol. The lowest BCUT2D eigenvalue weighted by atomic mass is 10.1. The first kappa shape index (κ1) is 24.2. The van der Waals surface area contributed by atoms with Crippen LogP contribution in [0.4, 0.5) is 0 Å². The molecule has 2 rings (SSSR count). The maximum Gasteiger partial charge on any atom is 0.320 e. The molecule has 5 nitrogen and oxygen atoms in total. The van der Waals surface area contributed by atoms with Gasteiger partial charge in [0.25, 0.3) is 0 Å². The molecule has 136 valence electrons. The van der Waals surface area contributed by atoms with Gasteiger partial charge in [-0.05, 0) is 127 Å². The van der Waals surface area contributed by atoms with Crippen molar-refractivity contribution in [1.29, 1.82) is 0 Å². The molecule has 0 aliphatic rings. The number of aliphatic carboxylic acids is 1. The van der Waals surface area contributed by atoms with Crippen molar-refractivity contribution in [2.24, 2.45) is 5.73 Å². The Labute approximate surface area is 216 Å². The highest BCUT2D eigenvalue weighted by Gasteiger charge is 2.16. The van der Waals surface area contributed by atoms with Crippen LogP contribution in [0, 0.1) is 14.3 Å². The summed E-state index contributed by atoms with van der Waals surface area (Å²) in [5.41, 5.74) is 6.44. The zero-order valence-electron chi connectivity index (χ0n) is 12.3. The minimum absolute atomic E-state index is 0. The van der Waals surface area contributed by atoms with Crippen LogP contribution in [0.3, 0.4) is 0 Å². The normalized spacial score (nSPS) is 11.6. The summed E-state index contributed by atoms with van der Waals surface area (Å²) in [6.45, 7) is 0. The maximum atomic E-state index is 10.9. The first-order chi connectivity index (χ1) is 11.2. The number of hydrogen-bond acceptors (Lipinski definition) is 4. The van der Waals surface area contributed by atoms with Gasteiger partial charge < -0.3 is 20.7 Å². The van der Waals surface area contributed by atoms with E-state index in [0.29, 0.717) is 18.6 Å². The fourth-order valence-electron chi connectivity index (χ4n) is 1.89. The number of ether oxygens (including phenoxy) is 1. The predicted octanol–water partition coefficient (Wildman–Crippen LogP) is 5.18. The van der Waals surface area contributed by atoms with Crippen LogP contribution in [0.2, 0.25) is 0 Å². The zero-order chi connectivity index (χ0) is 18.0. The van der Waals surface area contributed by atoms with Crippen LogP contribution in [-0.4, -0.2) is 22.2 Å². The molecule has 0 heterocycles.